The molecule has 0 aromatic heterocycles. The van der Waals surface area contributed by atoms with Crippen molar-refractivity contribution in [2.45, 2.75) is 76.8 Å². The van der Waals surface area contributed by atoms with Crippen molar-refractivity contribution in [1.82, 2.24) is 5.32 Å². The summed E-state index contributed by atoms with van der Waals surface area (Å²) in [5, 5.41) is 14.2. The van der Waals surface area contributed by atoms with Crippen LogP contribution < -0.4 is 11.1 Å². The topological polar surface area (TPSA) is 67.5 Å². The Morgan fingerprint density at radius 2 is 1.60 bits per heavy atom. The lowest BCUT2D eigenvalue weighted by Crippen LogP contribution is -2.52. The summed E-state index contributed by atoms with van der Waals surface area (Å²) in [7, 11) is -3.00. The predicted octanol–water partition coefficient (Wildman–Crippen LogP) is 2.58. The summed E-state index contributed by atoms with van der Waals surface area (Å²) in [5.74, 6) is 0. The third-order valence-electron chi connectivity index (χ3n) is 2.80. The number of rotatable bonds is 9. The van der Waals surface area contributed by atoms with Crippen molar-refractivity contribution >= 4 is 16.4 Å². The minimum Gasteiger partial charge on any atom is -0.413 e. The fourth-order valence-electron chi connectivity index (χ4n) is 3.14. The van der Waals surface area contributed by atoms with E-state index < -0.39 is 22.0 Å². The van der Waals surface area contributed by atoms with E-state index >= 15 is 0 Å². The second kappa shape index (κ2) is 7.02. The highest BCUT2D eigenvalue weighted by molar-refractivity contribution is 6.76. The second-order valence-electron chi connectivity index (χ2n) is 8.74. The van der Waals surface area contributed by atoms with E-state index in [-0.39, 0.29) is 5.60 Å². The lowest BCUT2D eigenvalue weighted by molar-refractivity contribution is -0.0256. The molecule has 0 rings (SSSR count). The number of nitrogens with one attached hydrogen (secondary N) is 1. The zero-order valence-corrected chi connectivity index (χ0v) is 16.8. The van der Waals surface area contributed by atoms with Gasteiger partial charge in [0.25, 0.3) is 0 Å². The van der Waals surface area contributed by atoms with Crippen LogP contribution >= 0.6 is 0 Å². The molecule has 20 heavy (non-hydrogen) atoms. The van der Waals surface area contributed by atoms with Crippen molar-refractivity contribution in [2.75, 3.05) is 13.2 Å². The zero-order chi connectivity index (χ0) is 16.2. The SMILES string of the molecule is CC(C)(CC(O)(CNCN)C[Si](C)(C)C)O[Si](C)(C)C. The standard InChI is InChI=1S/C14H36N2O2Si2/c1-13(2,18-20(6,7)8)9-14(17,10-16-12-15)11-19(3,4)5/h16-17H,9-12,15H2,1-8H3. The van der Waals surface area contributed by atoms with Crippen LogP contribution in [0, 0.1) is 0 Å². The molecule has 4 N–H and O–H groups in total. The molecule has 0 fully saturated rings. The number of hydrogen-bond donors (Lipinski definition) is 3. The fraction of sp³-hybridized carbons (Fsp3) is 1.00. The van der Waals surface area contributed by atoms with Crippen LogP contribution in [-0.4, -0.2) is 45.9 Å². The minimum atomic E-state index is -1.63. The van der Waals surface area contributed by atoms with Crippen LogP contribution in [0.15, 0.2) is 0 Å². The highest BCUT2D eigenvalue weighted by Gasteiger charge is 2.40. The monoisotopic (exact) mass is 320 g/mol. The fourth-order valence-corrected chi connectivity index (χ4v) is 7.09. The van der Waals surface area contributed by atoms with Gasteiger partial charge in [-0.15, -0.1) is 0 Å². The highest BCUT2D eigenvalue weighted by Crippen LogP contribution is 2.32. The van der Waals surface area contributed by atoms with Crippen LogP contribution in [0.5, 0.6) is 0 Å². The third kappa shape index (κ3) is 10.1. The first-order valence-electron chi connectivity index (χ1n) is 7.51. The van der Waals surface area contributed by atoms with Gasteiger partial charge >= 0.3 is 0 Å². The average molecular weight is 321 g/mol. The van der Waals surface area contributed by atoms with Gasteiger partial charge in [-0.25, -0.2) is 0 Å². The smallest absolute Gasteiger partial charge is 0.184 e. The molecule has 0 saturated heterocycles. The maximum Gasteiger partial charge on any atom is 0.184 e. The Hall–Kier alpha value is 0.274. The van der Waals surface area contributed by atoms with Gasteiger partial charge in [-0.1, -0.05) is 19.6 Å². The molecule has 0 radical (unpaired) electrons. The Kier molecular flexibility index (Phi) is 7.12. The lowest BCUT2D eigenvalue weighted by atomic mass is 9.90. The number of aliphatic hydroxyl groups is 1. The summed E-state index contributed by atoms with van der Waals surface area (Å²) < 4.78 is 6.25. The highest BCUT2D eigenvalue weighted by atomic mass is 28.4. The summed E-state index contributed by atoms with van der Waals surface area (Å²) >= 11 is 0. The van der Waals surface area contributed by atoms with E-state index in [0.29, 0.717) is 19.6 Å². The molecular formula is C14H36N2O2Si2. The second-order valence-corrected chi connectivity index (χ2v) is 18.6. The minimum absolute atomic E-state index is 0.310. The van der Waals surface area contributed by atoms with E-state index in [2.05, 4.69) is 58.4 Å². The van der Waals surface area contributed by atoms with Crippen molar-refractivity contribution in [3.63, 3.8) is 0 Å². The van der Waals surface area contributed by atoms with Gasteiger partial charge in [-0.3, -0.25) is 0 Å². The lowest BCUT2D eigenvalue weighted by Gasteiger charge is -2.42. The third-order valence-corrected chi connectivity index (χ3v) is 5.68. The Morgan fingerprint density at radius 3 is 1.95 bits per heavy atom. The molecule has 0 spiro atoms. The Bertz CT molecular complexity index is 299. The van der Waals surface area contributed by atoms with Crippen LogP contribution in [-0.2, 0) is 4.43 Å². The molecule has 0 amide bonds. The molecule has 0 aromatic carbocycles. The quantitative estimate of drug-likeness (QED) is 0.451. The first-order valence-corrected chi connectivity index (χ1v) is 14.6. The summed E-state index contributed by atoms with van der Waals surface area (Å²) in [6.07, 6.45) is 0.640. The maximum atomic E-state index is 11.1. The number of hydrogen-bond acceptors (Lipinski definition) is 4. The molecule has 0 bridgehead atoms. The van der Waals surface area contributed by atoms with E-state index in [1.54, 1.807) is 0 Å². The van der Waals surface area contributed by atoms with E-state index in [4.69, 9.17) is 10.2 Å². The predicted molar refractivity (Wildman–Crippen MR) is 93.3 cm³/mol. The summed E-state index contributed by atoms with van der Waals surface area (Å²) in [6, 6.07) is 0.853. The molecule has 0 aliphatic rings. The van der Waals surface area contributed by atoms with Gasteiger partial charge in [-0.05, 0) is 39.5 Å². The van der Waals surface area contributed by atoms with Crippen LogP contribution in [0.2, 0.25) is 45.3 Å². The van der Waals surface area contributed by atoms with E-state index in [1.165, 1.54) is 0 Å². The van der Waals surface area contributed by atoms with Crippen molar-refractivity contribution < 1.29 is 9.53 Å². The van der Waals surface area contributed by atoms with Gasteiger partial charge in [0.05, 0.1) is 11.2 Å². The summed E-state index contributed by atoms with van der Waals surface area (Å²) in [6.45, 7) is 18.5. The number of nitrogens with two attached hydrogens (primary N) is 1. The van der Waals surface area contributed by atoms with Crippen LogP contribution in [0.4, 0.5) is 0 Å². The Labute approximate surface area is 127 Å². The largest absolute Gasteiger partial charge is 0.413 e. The van der Waals surface area contributed by atoms with Crippen LogP contribution in [0.1, 0.15) is 20.3 Å². The Morgan fingerprint density at radius 1 is 1.10 bits per heavy atom. The van der Waals surface area contributed by atoms with Gasteiger partial charge in [-0.2, -0.15) is 0 Å². The summed E-state index contributed by atoms with van der Waals surface area (Å²) in [4.78, 5) is 0. The zero-order valence-electron chi connectivity index (χ0n) is 14.8. The van der Waals surface area contributed by atoms with E-state index in [9.17, 15) is 5.11 Å². The molecule has 4 nitrogen and oxygen atoms in total. The first-order chi connectivity index (χ1) is 8.68. The van der Waals surface area contributed by atoms with E-state index in [1.807, 2.05) is 0 Å². The molecule has 122 valence electrons. The normalized spacial score (nSPS) is 17.1. The van der Waals surface area contributed by atoms with Crippen molar-refractivity contribution in [1.29, 1.82) is 0 Å². The molecule has 0 aliphatic heterocycles. The van der Waals surface area contributed by atoms with Gasteiger partial charge in [0, 0.05) is 27.7 Å². The molecule has 0 aromatic rings. The van der Waals surface area contributed by atoms with Crippen LogP contribution in [0.3, 0.4) is 0 Å². The molecule has 0 heterocycles. The maximum absolute atomic E-state index is 11.1. The van der Waals surface area contributed by atoms with E-state index in [0.717, 1.165) is 6.04 Å². The first kappa shape index (κ1) is 20.3. The molecule has 6 heteroatoms. The van der Waals surface area contributed by atoms with Gasteiger partial charge in [0.2, 0.25) is 0 Å². The van der Waals surface area contributed by atoms with Gasteiger partial charge in [0.1, 0.15) is 0 Å². The molecule has 1 unspecified atom stereocenters. The molecule has 0 aliphatic carbocycles. The van der Waals surface area contributed by atoms with Gasteiger partial charge < -0.3 is 20.6 Å². The van der Waals surface area contributed by atoms with Crippen molar-refractivity contribution in [2.24, 2.45) is 5.73 Å². The molecular weight excluding hydrogens is 284 g/mol. The average Bonchev–Trinajstić information content (AvgIpc) is 2.05. The Balaban J connectivity index is 4.96. The molecule has 0 saturated carbocycles. The van der Waals surface area contributed by atoms with Crippen molar-refractivity contribution in [3.8, 4) is 0 Å². The molecule has 1 atom stereocenters. The summed E-state index contributed by atoms with van der Waals surface area (Å²) in [5.41, 5.74) is 4.48. The van der Waals surface area contributed by atoms with Crippen LogP contribution in [0.25, 0.3) is 0 Å². The van der Waals surface area contributed by atoms with Crippen molar-refractivity contribution in [3.05, 3.63) is 0 Å². The van der Waals surface area contributed by atoms with Gasteiger partial charge in [0.15, 0.2) is 8.32 Å².